The van der Waals surface area contributed by atoms with Gasteiger partial charge in [0.25, 0.3) is 0 Å². The molecule has 0 spiro atoms. The second-order valence-corrected chi connectivity index (χ2v) is 13.6. The van der Waals surface area contributed by atoms with E-state index in [-0.39, 0.29) is 0 Å². The molecule has 6 heteroatoms. The third-order valence-corrected chi connectivity index (χ3v) is 11.1. The second kappa shape index (κ2) is 15.8. The number of ether oxygens (including phenoxy) is 6. The molecule has 2 bridgehead atoms. The zero-order chi connectivity index (χ0) is 34.3. The molecule has 0 saturated carbocycles. The fourth-order valence-corrected chi connectivity index (χ4v) is 8.78. The predicted octanol–water partition coefficient (Wildman–Crippen LogP) is 10.5. The van der Waals surface area contributed by atoms with Crippen molar-refractivity contribution in [2.75, 3.05) is 42.7 Å². The molecule has 0 aliphatic heterocycles. The minimum absolute atomic E-state index is 0.466. The molecule has 48 heavy (non-hydrogen) atoms. The SMILES string of the molecule is CCCCCCCCC12c3cc(OC)c(OC)cc3C(CCCCCCCC)(c3cc(OC)c(OC)cc31)c1cc(OC)c(OC)cc12. The highest BCUT2D eigenvalue weighted by atomic mass is 16.5. The Labute approximate surface area is 289 Å². The Morgan fingerprint density at radius 1 is 0.333 bits per heavy atom. The van der Waals surface area contributed by atoms with E-state index in [0.29, 0.717) is 0 Å². The van der Waals surface area contributed by atoms with Crippen molar-refractivity contribution in [2.24, 2.45) is 0 Å². The Balaban J connectivity index is 1.84. The van der Waals surface area contributed by atoms with Gasteiger partial charge in [-0.25, -0.2) is 0 Å². The van der Waals surface area contributed by atoms with Crippen LogP contribution in [0.2, 0.25) is 0 Å². The topological polar surface area (TPSA) is 55.4 Å². The fraction of sp³-hybridized carbons (Fsp3) is 0.571. The highest BCUT2D eigenvalue weighted by molar-refractivity contribution is 5.79. The molecule has 0 atom stereocenters. The lowest BCUT2D eigenvalue weighted by Crippen LogP contribution is -2.51. The second-order valence-electron chi connectivity index (χ2n) is 13.6. The van der Waals surface area contributed by atoms with Crippen LogP contribution in [0.1, 0.15) is 137 Å². The minimum atomic E-state index is -0.466. The monoisotopic (exact) mass is 658 g/mol. The van der Waals surface area contributed by atoms with Crippen molar-refractivity contribution in [1.82, 2.24) is 0 Å². The van der Waals surface area contributed by atoms with Gasteiger partial charge in [0.05, 0.1) is 42.7 Å². The van der Waals surface area contributed by atoms with Gasteiger partial charge in [0.15, 0.2) is 34.5 Å². The summed E-state index contributed by atoms with van der Waals surface area (Å²) >= 11 is 0. The molecule has 6 rings (SSSR count). The standard InChI is InChI=1S/C42H58O6/c1-9-11-13-15-17-19-21-41-29-23-35(43-3)38(46-6)26-32(29)42(22-20-18-16-14-12-10-2,33-27-39(47-7)36(44-4)24-30(33)41)34-28-40(48-8)37(45-5)25-31(34)41/h23-28H,9-22H2,1-8H3. The molecule has 0 N–H and O–H groups in total. The van der Waals surface area contributed by atoms with Crippen molar-refractivity contribution in [3.05, 3.63) is 69.8 Å². The van der Waals surface area contributed by atoms with E-state index in [2.05, 4.69) is 50.2 Å². The van der Waals surface area contributed by atoms with Crippen LogP contribution in [0.15, 0.2) is 36.4 Å². The Bertz CT molecular complexity index is 1270. The van der Waals surface area contributed by atoms with E-state index in [4.69, 9.17) is 28.4 Å². The van der Waals surface area contributed by atoms with Crippen molar-refractivity contribution in [1.29, 1.82) is 0 Å². The number of unbranched alkanes of at least 4 members (excludes halogenated alkanes) is 10. The van der Waals surface area contributed by atoms with Crippen LogP contribution in [0.4, 0.5) is 0 Å². The summed E-state index contributed by atoms with van der Waals surface area (Å²) in [6.45, 7) is 4.55. The quantitative estimate of drug-likeness (QED) is 0.113. The van der Waals surface area contributed by atoms with Gasteiger partial charge in [-0.1, -0.05) is 90.9 Å². The molecule has 3 aliphatic rings. The first kappa shape index (κ1) is 35.8. The molecule has 0 amide bonds. The molecular weight excluding hydrogens is 600 g/mol. The molecule has 3 aliphatic carbocycles. The summed E-state index contributed by atoms with van der Waals surface area (Å²) in [5, 5.41) is 0. The first-order valence-corrected chi connectivity index (χ1v) is 18.3. The maximum Gasteiger partial charge on any atom is 0.161 e. The van der Waals surface area contributed by atoms with Crippen LogP contribution < -0.4 is 28.4 Å². The molecule has 0 radical (unpaired) electrons. The molecular formula is C42H58O6. The molecule has 0 aromatic heterocycles. The number of hydrogen-bond acceptors (Lipinski definition) is 6. The lowest BCUT2D eigenvalue weighted by atomic mass is 9.45. The average Bonchev–Trinajstić information content (AvgIpc) is 3.13. The molecule has 0 fully saturated rings. The van der Waals surface area contributed by atoms with E-state index in [9.17, 15) is 0 Å². The number of methoxy groups -OCH3 is 6. The first-order valence-electron chi connectivity index (χ1n) is 18.3. The summed E-state index contributed by atoms with van der Waals surface area (Å²) in [7, 11) is 10.4. The maximum atomic E-state index is 6.02. The van der Waals surface area contributed by atoms with Gasteiger partial charge in [0.2, 0.25) is 0 Å². The van der Waals surface area contributed by atoms with E-state index >= 15 is 0 Å². The van der Waals surface area contributed by atoms with E-state index in [1.807, 2.05) is 0 Å². The summed E-state index contributed by atoms with van der Waals surface area (Å²) in [6, 6.07) is 13.6. The van der Waals surface area contributed by atoms with Crippen LogP contribution in [-0.2, 0) is 10.8 Å². The molecule has 0 unspecified atom stereocenters. The highest BCUT2D eigenvalue weighted by Crippen LogP contribution is 2.68. The largest absolute Gasteiger partial charge is 0.493 e. The number of benzene rings is 3. The van der Waals surface area contributed by atoms with Crippen LogP contribution in [0.3, 0.4) is 0 Å². The molecule has 6 nitrogen and oxygen atoms in total. The van der Waals surface area contributed by atoms with Crippen LogP contribution in [0.25, 0.3) is 0 Å². The smallest absolute Gasteiger partial charge is 0.161 e. The molecule has 3 aromatic carbocycles. The van der Waals surface area contributed by atoms with Crippen LogP contribution >= 0.6 is 0 Å². The van der Waals surface area contributed by atoms with Crippen molar-refractivity contribution < 1.29 is 28.4 Å². The van der Waals surface area contributed by atoms with Crippen LogP contribution in [0, 0.1) is 0 Å². The summed E-state index contributed by atoms with van der Waals surface area (Å²) < 4.78 is 36.1. The van der Waals surface area contributed by atoms with Gasteiger partial charge in [-0.2, -0.15) is 0 Å². The normalized spacial score (nSPS) is 18.5. The fourth-order valence-electron chi connectivity index (χ4n) is 8.78. The Morgan fingerprint density at radius 3 is 0.750 bits per heavy atom. The van der Waals surface area contributed by atoms with Gasteiger partial charge in [-0.15, -0.1) is 0 Å². The van der Waals surface area contributed by atoms with Crippen molar-refractivity contribution in [2.45, 2.75) is 115 Å². The third kappa shape index (κ3) is 5.98. The summed E-state index contributed by atoms with van der Waals surface area (Å²) in [6.07, 6.45) is 16.5. The zero-order valence-corrected chi connectivity index (χ0v) is 30.8. The molecule has 262 valence electrons. The van der Waals surface area contributed by atoms with Crippen molar-refractivity contribution in [3.63, 3.8) is 0 Å². The lowest BCUT2D eigenvalue weighted by molar-refractivity contribution is 0.332. The first-order chi connectivity index (χ1) is 23.4. The van der Waals surface area contributed by atoms with Crippen LogP contribution in [0.5, 0.6) is 34.5 Å². The van der Waals surface area contributed by atoms with Gasteiger partial charge in [0.1, 0.15) is 0 Å². The Hall–Kier alpha value is -3.54. The van der Waals surface area contributed by atoms with Gasteiger partial charge in [0, 0.05) is 10.8 Å². The van der Waals surface area contributed by atoms with Gasteiger partial charge < -0.3 is 28.4 Å². The summed E-state index contributed by atoms with van der Waals surface area (Å²) in [5.74, 6) is 4.53. The summed E-state index contributed by atoms with van der Waals surface area (Å²) in [4.78, 5) is 0. The maximum absolute atomic E-state index is 6.02. The van der Waals surface area contributed by atoms with E-state index in [1.54, 1.807) is 42.7 Å². The molecule has 0 saturated heterocycles. The van der Waals surface area contributed by atoms with E-state index in [1.165, 1.54) is 97.6 Å². The van der Waals surface area contributed by atoms with E-state index in [0.717, 1.165) is 60.2 Å². The average molecular weight is 659 g/mol. The predicted molar refractivity (Wildman–Crippen MR) is 194 cm³/mol. The zero-order valence-electron chi connectivity index (χ0n) is 30.8. The summed E-state index contributed by atoms with van der Waals surface area (Å²) in [5.41, 5.74) is 6.81. The van der Waals surface area contributed by atoms with Crippen molar-refractivity contribution in [3.8, 4) is 34.5 Å². The Morgan fingerprint density at radius 2 is 0.542 bits per heavy atom. The van der Waals surface area contributed by atoms with Gasteiger partial charge in [-0.3, -0.25) is 0 Å². The lowest BCUT2D eigenvalue weighted by Gasteiger charge is -2.57. The Kier molecular flexibility index (Phi) is 11.8. The third-order valence-electron chi connectivity index (χ3n) is 11.1. The van der Waals surface area contributed by atoms with E-state index < -0.39 is 10.8 Å². The minimum Gasteiger partial charge on any atom is -0.493 e. The van der Waals surface area contributed by atoms with Gasteiger partial charge >= 0.3 is 0 Å². The van der Waals surface area contributed by atoms with Gasteiger partial charge in [-0.05, 0) is 82.6 Å². The number of rotatable bonds is 20. The van der Waals surface area contributed by atoms with Crippen LogP contribution in [-0.4, -0.2) is 42.7 Å². The molecule has 3 aromatic rings. The molecule has 0 heterocycles. The van der Waals surface area contributed by atoms with Crippen molar-refractivity contribution >= 4 is 0 Å². The number of hydrogen-bond donors (Lipinski definition) is 0. The highest BCUT2D eigenvalue weighted by Gasteiger charge is 2.59.